The summed E-state index contributed by atoms with van der Waals surface area (Å²) in [6.45, 7) is 4.63. The van der Waals surface area contributed by atoms with Crippen LogP contribution in [0.5, 0.6) is 0 Å². The highest BCUT2D eigenvalue weighted by molar-refractivity contribution is 7.92. The first kappa shape index (κ1) is 15.0. The molecule has 0 spiro atoms. The lowest BCUT2D eigenvalue weighted by molar-refractivity contribution is -0.140. The minimum Gasteiger partial charge on any atom is -0.372 e. The van der Waals surface area contributed by atoms with Crippen molar-refractivity contribution < 1.29 is 17.9 Å². The van der Waals surface area contributed by atoms with E-state index in [4.69, 9.17) is 4.74 Å². The molecule has 6 heteroatoms. The summed E-state index contributed by atoms with van der Waals surface area (Å²) in [6, 6.07) is 8.05. The number of hydrogen-bond acceptors (Lipinski definition) is 4. The molecule has 1 amide bonds. The third kappa shape index (κ3) is 3.58. The quantitative estimate of drug-likeness (QED) is 0.838. The number of carbonyl (C=O) groups is 1. The second-order valence-corrected chi connectivity index (χ2v) is 7.12. The smallest absolute Gasteiger partial charge is 0.238 e. The molecule has 0 aromatic heterocycles. The molecule has 0 aliphatic carbocycles. The summed E-state index contributed by atoms with van der Waals surface area (Å²) in [4.78, 5) is 13.9. The monoisotopic (exact) mass is 297 g/mol. The van der Waals surface area contributed by atoms with Crippen LogP contribution in [-0.4, -0.2) is 50.3 Å². The molecular weight excluding hydrogens is 278 g/mol. The summed E-state index contributed by atoms with van der Waals surface area (Å²) < 4.78 is 29.9. The summed E-state index contributed by atoms with van der Waals surface area (Å²) >= 11 is 0. The van der Waals surface area contributed by atoms with Gasteiger partial charge in [0.2, 0.25) is 5.91 Å². The van der Waals surface area contributed by atoms with E-state index in [1.807, 2.05) is 13.8 Å². The topological polar surface area (TPSA) is 63.7 Å². The van der Waals surface area contributed by atoms with Crippen molar-refractivity contribution in [1.29, 1.82) is 0 Å². The fourth-order valence-electron chi connectivity index (χ4n) is 2.35. The molecule has 5 nitrogen and oxygen atoms in total. The molecule has 2 atom stereocenters. The fourth-order valence-corrected chi connectivity index (χ4v) is 3.59. The third-order valence-electron chi connectivity index (χ3n) is 3.19. The lowest BCUT2D eigenvalue weighted by atomic mass is 10.2. The summed E-state index contributed by atoms with van der Waals surface area (Å²) in [5, 5.41) is 0. The number of amides is 1. The first-order chi connectivity index (χ1) is 9.38. The van der Waals surface area contributed by atoms with Crippen LogP contribution in [0, 0.1) is 0 Å². The molecule has 110 valence electrons. The van der Waals surface area contributed by atoms with Crippen molar-refractivity contribution >= 4 is 15.7 Å². The van der Waals surface area contributed by atoms with Crippen molar-refractivity contribution in [1.82, 2.24) is 4.90 Å². The largest absolute Gasteiger partial charge is 0.372 e. The first-order valence-electron chi connectivity index (χ1n) is 6.59. The highest BCUT2D eigenvalue weighted by atomic mass is 32.2. The van der Waals surface area contributed by atoms with Crippen LogP contribution >= 0.6 is 0 Å². The maximum absolute atomic E-state index is 12.2. The normalized spacial score (nSPS) is 23.6. The van der Waals surface area contributed by atoms with Gasteiger partial charge in [-0.15, -0.1) is 0 Å². The van der Waals surface area contributed by atoms with Gasteiger partial charge in [0.05, 0.1) is 17.1 Å². The van der Waals surface area contributed by atoms with E-state index in [9.17, 15) is 13.2 Å². The van der Waals surface area contributed by atoms with Gasteiger partial charge in [0.15, 0.2) is 9.84 Å². The van der Waals surface area contributed by atoms with Crippen molar-refractivity contribution in [3.05, 3.63) is 30.3 Å². The van der Waals surface area contributed by atoms with Crippen molar-refractivity contribution in [3.8, 4) is 0 Å². The van der Waals surface area contributed by atoms with Gasteiger partial charge in [0, 0.05) is 13.1 Å². The number of hydrogen-bond donors (Lipinski definition) is 0. The molecule has 0 saturated carbocycles. The van der Waals surface area contributed by atoms with Gasteiger partial charge in [0.1, 0.15) is 5.75 Å². The molecule has 1 aromatic carbocycles. The van der Waals surface area contributed by atoms with Gasteiger partial charge in [-0.1, -0.05) is 18.2 Å². The van der Waals surface area contributed by atoms with E-state index in [-0.39, 0.29) is 23.0 Å². The second-order valence-electron chi connectivity index (χ2n) is 5.13. The standard InChI is InChI=1S/C14H19NO4S/c1-11-8-15(9-12(2)19-11)14(16)10-20(17,18)13-6-4-3-5-7-13/h3-7,11-12H,8-10H2,1-2H3. The zero-order chi connectivity index (χ0) is 14.8. The van der Waals surface area contributed by atoms with E-state index >= 15 is 0 Å². The highest BCUT2D eigenvalue weighted by Crippen LogP contribution is 2.14. The Kier molecular flexibility index (Phi) is 4.45. The Morgan fingerprint density at radius 3 is 2.30 bits per heavy atom. The van der Waals surface area contributed by atoms with E-state index in [1.165, 1.54) is 12.1 Å². The molecule has 0 bridgehead atoms. The summed E-state index contributed by atoms with van der Waals surface area (Å²) in [5.41, 5.74) is 0. The van der Waals surface area contributed by atoms with E-state index < -0.39 is 15.6 Å². The lowest BCUT2D eigenvalue weighted by Crippen LogP contribution is -2.49. The predicted molar refractivity (Wildman–Crippen MR) is 75.1 cm³/mol. The number of rotatable bonds is 3. The zero-order valence-electron chi connectivity index (χ0n) is 11.7. The Morgan fingerprint density at radius 2 is 1.75 bits per heavy atom. The van der Waals surface area contributed by atoms with Gasteiger partial charge >= 0.3 is 0 Å². The molecule has 0 radical (unpaired) electrons. The minimum absolute atomic E-state index is 0.0675. The zero-order valence-corrected chi connectivity index (χ0v) is 12.5. The molecular formula is C14H19NO4S. The summed E-state index contributed by atoms with van der Waals surface area (Å²) in [7, 11) is -3.58. The maximum Gasteiger partial charge on any atom is 0.238 e. The van der Waals surface area contributed by atoms with Crippen LogP contribution < -0.4 is 0 Å². The number of sulfone groups is 1. The molecule has 1 saturated heterocycles. The number of benzene rings is 1. The minimum atomic E-state index is -3.58. The molecule has 1 aliphatic heterocycles. The molecule has 1 aromatic rings. The van der Waals surface area contributed by atoms with Crippen molar-refractivity contribution in [3.63, 3.8) is 0 Å². The van der Waals surface area contributed by atoms with Crippen molar-refractivity contribution in [2.75, 3.05) is 18.8 Å². The molecule has 2 rings (SSSR count). The van der Waals surface area contributed by atoms with Crippen LogP contribution in [0.4, 0.5) is 0 Å². The van der Waals surface area contributed by atoms with Gasteiger partial charge in [-0.3, -0.25) is 4.79 Å². The SMILES string of the molecule is CC1CN(C(=O)CS(=O)(=O)c2ccccc2)CC(C)O1. The van der Waals surface area contributed by atoms with Crippen LogP contribution in [0.2, 0.25) is 0 Å². The Bertz CT molecular complexity index is 560. The highest BCUT2D eigenvalue weighted by Gasteiger charge is 2.29. The Hall–Kier alpha value is -1.40. The van der Waals surface area contributed by atoms with E-state index in [1.54, 1.807) is 23.1 Å². The Balaban J connectivity index is 2.08. The van der Waals surface area contributed by atoms with Crippen LogP contribution in [0.3, 0.4) is 0 Å². The second kappa shape index (κ2) is 5.93. The van der Waals surface area contributed by atoms with Gasteiger partial charge in [-0.05, 0) is 26.0 Å². The van der Waals surface area contributed by atoms with Gasteiger partial charge in [0.25, 0.3) is 0 Å². The van der Waals surface area contributed by atoms with Crippen molar-refractivity contribution in [2.24, 2.45) is 0 Å². The Labute approximate surface area is 119 Å². The number of nitrogens with zero attached hydrogens (tertiary/aromatic N) is 1. The van der Waals surface area contributed by atoms with E-state index in [2.05, 4.69) is 0 Å². The number of morpholine rings is 1. The number of ether oxygens (including phenoxy) is 1. The molecule has 1 aliphatic rings. The summed E-state index contributed by atoms with van der Waals surface area (Å²) in [6.07, 6.45) is -0.135. The Morgan fingerprint density at radius 1 is 1.20 bits per heavy atom. The average Bonchev–Trinajstić information content (AvgIpc) is 2.38. The van der Waals surface area contributed by atoms with E-state index in [0.717, 1.165) is 0 Å². The maximum atomic E-state index is 12.2. The fraction of sp³-hybridized carbons (Fsp3) is 0.500. The van der Waals surface area contributed by atoms with Crippen molar-refractivity contribution in [2.45, 2.75) is 31.0 Å². The average molecular weight is 297 g/mol. The molecule has 0 N–H and O–H groups in total. The first-order valence-corrected chi connectivity index (χ1v) is 8.25. The van der Waals surface area contributed by atoms with Gasteiger partial charge < -0.3 is 9.64 Å². The van der Waals surface area contributed by atoms with Gasteiger partial charge in [-0.2, -0.15) is 0 Å². The predicted octanol–water partition coefficient (Wildman–Crippen LogP) is 1.10. The van der Waals surface area contributed by atoms with Crippen LogP contribution in [-0.2, 0) is 19.4 Å². The van der Waals surface area contributed by atoms with Crippen LogP contribution in [0.1, 0.15) is 13.8 Å². The summed E-state index contributed by atoms with van der Waals surface area (Å²) in [5.74, 6) is -0.855. The molecule has 20 heavy (non-hydrogen) atoms. The van der Waals surface area contributed by atoms with Gasteiger partial charge in [-0.25, -0.2) is 8.42 Å². The number of carbonyl (C=O) groups excluding carboxylic acids is 1. The van der Waals surface area contributed by atoms with Crippen LogP contribution in [0.15, 0.2) is 35.2 Å². The molecule has 1 heterocycles. The van der Waals surface area contributed by atoms with Crippen LogP contribution in [0.25, 0.3) is 0 Å². The third-order valence-corrected chi connectivity index (χ3v) is 4.81. The van der Waals surface area contributed by atoms with E-state index in [0.29, 0.717) is 13.1 Å². The molecule has 1 fully saturated rings. The molecule has 2 unspecified atom stereocenters. The lowest BCUT2D eigenvalue weighted by Gasteiger charge is -2.35.